The fourth-order valence-electron chi connectivity index (χ4n) is 1.95. The van der Waals surface area contributed by atoms with E-state index in [0.29, 0.717) is 5.56 Å². The number of benzene rings is 1. The summed E-state index contributed by atoms with van der Waals surface area (Å²) in [6, 6.07) is 8.43. The van der Waals surface area contributed by atoms with Gasteiger partial charge < -0.3 is 14.5 Å². The maximum Gasteiger partial charge on any atom is 0.338 e. The summed E-state index contributed by atoms with van der Waals surface area (Å²) in [7, 11) is 0. The molecule has 0 atom stereocenters. The van der Waals surface area contributed by atoms with E-state index in [1.807, 2.05) is 0 Å². The van der Waals surface area contributed by atoms with Crippen LogP contribution in [0.3, 0.4) is 0 Å². The highest BCUT2D eigenvalue weighted by atomic mass is 16.6. The first kappa shape index (κ1) is 18.7. The summed E-state index contributed by atoms with van der Waals surface area (Å²) in [6.07, 6.45) is 1.11. The smallest absolute Gasteiger partial charge is 0.338 e. The number of rotatable bonds is 8. The molecule has 0 radical (unpaired) electrons. The van der Waals surface area contributed by atoms with E-state index < -0.39 is 17.2 Å². The lowest BCUT2D eigenvalue weighted by atomic mass is 10.2. The van der Waals surface area contributed by atoms with Crippen molar-refractivity contribution >= 4 is 11.7 Å². The quantitative estimate of drug-likeness (QED) is 0.251. The van der Waals surface area contributed by atoms with Gasteiger partial charge in [0.15, 0.2) is 0 Å². The lowest BCUT2D eigenvalue weighted by Crippen LogP contribution is -2.37. The fraction of sp³-hybridized carbons (Fsp3) is 0.188. The Morgan fingerprint density at radius 3 is 2.69 bits per heavy atom. The summed E-state index contributed by atoms with van der Waals surface area (Å²) in [5.74, 6) is -0.503. The van der Waals surface area contributed by atoms with Gasteiger partial charge in [0, 0.05) is 16.8 Å². The summed E-state index contributed by atoms with van der Waals surface area (Å²) in [4.78, 5) is 40.5. The van der Waals surface area contributed by atoms with Gasteiger partial charge >= 0.3 is 11.7 Å². The molecule has 1 N–H and O–H groups in total. The summed E-state index contributed by atoms with van der Waals surface area (Å²) in [5, 5.41) is 3.24. The Morgan fingerprint density at radius 2 is 2.00 bits per heavy atom. The van der Waals surface area contributed by atoms with Crippen LogP contribution in [-0.2, 0) is 16.2 Å². The molecule has 0 spiro atoms. The van der Waals surface area contributed by atoms with E-state index in [2.05, 4.69) is 21.6 Å². The molecule has 0 aliphatic carbocycles. The average Bonchev–Trinajstić information content (AvgIpc) is 2.64. The molecule has 10 heteroatoms. The molecule has 1 aromatic carbocycles. The van der Waals surface area contributed by atoms with E-state index >= 15 is 0 Å². The van der Waals surface area contributed by atoms with E-state index in [0.717, 1.165) is 10.8 Å². The van der Waals surface area contributed by atoms with Gasteiger partial charge in [0.1, 0.15) is 13.3 Å². The van der Waals surface area contributed by atoms with Crippen molar-refractivity contribution in [3.8, 4) is 0 Å². The fourth-order valence-corrected chi connectivity index (χ4v) is 1.95. The Bertz CT molecular complexity index is 957. The van der Waals surface area contributed by atoms with E-state index in [1.165, 1.54) is 0 Å². The van der Waals surface area contributed by atoms with Crippen molar-refractivity contribution in [1.29, 1.82) is 0 Å². The molecule has 0 aliphatic rings. The SMILES string of the molecule is C=C(N=[N+]=[N-])c1c[nH]c(=O)n(COCCOC(=O)c2ccccc2)c1=O. The number of carbonyl (C=O) groups excluding carboxylic acids is 1. The number of azide groups is 1. The van der Waals surface area contributed by atoms with Gasteiger partial charge in [-0.2, -0.15) is 0 Å². The number of aromatic nitrogens is 2. The van der Waals surface area contributed by atoms with Crippen LogP contribution >= 0.6 is 0 Å². The first-order valence-corrected chi connectivity index (χ1v) is 7.41. The van der Waals surface area contributed by atoms with Crippen LogP contribution in [0.2, 0.25) is 0 Å². The zero-order valence-corrected chi connectivity index (χ0v) is 13.6. The molecule has 0 saturated carbocycles. The van der Waals surface area contributed by atoms with Gasteiger partial charge in [0.05, 0.1) is 17.7 Å². The summed E-state index contributed by atoms with van der Waals surface area (Å²) in [6.45, 7) is 3.01. The van der Waals surface area contributed by atoms with Crippen LogP contribution in [0.25, 0.3) is 16.1 Å². The number of ether oxygens (including phenoxy) is 2. The highest BCUT2D eigenvalue weighted by molar-refractivity contribution is 5.89. The second-order valence-corrected chi connectivity index (χ2v) is 4.92. The van der Waals surface area contributed by atoms with Gasteiger partial charge in [-0.05, 0) is 17.7 Å². The van der Waals surface area contributed by atoms with Crippen molar-refractivity contribution in [3.05, 3.63) is 85.5 Å². The number of esters is 1. The molecule has 0 fully saturated rings. The number of hydrogen-bond donors (Lipinski definition) is 1. The topological polar surface area (TPSA) is 139 Å². The molecular weight excluding hydrogens is 342 g/mol. The molecule has 1 heterocycles. The molecular formula is C16H15N5O5. The van der Waals surface area contributed by atoms with Gasteiger partial charge in [0.25, 0.3) is 5.56 Å². The van der Waals surface area contributed by atoms with Crippen LogP contribution in [0.4, 0.5) is 0 Å². The Balaban J connectivity index is 1.92. The minimum atomic E-state index is -0.715. The van der Waals surface area contributed by atoms with Gasteiger partial charge in [0.2, 0.25) is 0 Å². The highest BCUT2D eigenvalue weighted by Crippen LogP contribution is 2.06. The molecule has 2 rings (SSSR count). The van der Waals surface area contributed by atoms with E-state index in [4.69, 9.17) is 15.0 Å². The number of H-pyrrole nitrogens is 1. The Labute approximate surface area is 146 Å². The summed E-state index contributed by atoms with van der Waals surface area (Å²) >= 11 is 0. The first-order chi connectivity index (χ1) is 12.5. The van der Waals surface area contributed by atoms with Crippen molar-refractivity contribution in [2.45, 2.75) is 6.73 Å². The van der Waals surface area contributed by atoms with Crippen LogP contribution in [0.15, 0.2) is 57.8 Å². The van der Waals surface area contributed by atoms with Crippen LogP contribution in [0.5, 0.6) is 0 Å². The van der Waals surface area contributed by atoms with Crippen molar-refractivity contribution in [2.75, 3.05) is 13.2 Å². The standard InChI is InChI=1S/C16H15N5O5/c1-11(19-20-17)13-9-18-16(24)21(14(13)22)10-25-7-8-26-15(23)12-5-3-2-4-6-12/h2-6,9H,1,7-8,10H2,(H,18,24). The Morgan fingerprint density at radius 1 is 1.27 bits per heavy atom. The molecule has 0 unspecified atom stereocenters. The van der Waals surface area contributed by atoms with E-state index in [1.54, 1.807) is 30.3 Å². The normalized spacial score (nSPS) is 10.0. The van der Waals surface area contributed by atoms with E-state index in [9.17, 15) is 14.4 Å². The Hall–Kier alpha value is -3.62. The largest absolute Gasteiger partial charge is 0.460 e. The summed E-state index contributed by atoms with van der Waals surface area (Å²) < 4.78 is 11.0. The third kappa shape index (κ3) is 4.69. The lowest BCUT2D eigenvalue weighted by molar-refractivity contribution is 0.0155. The average molecular weight is 357 g/mol. The van der Waals surface area contributed by atoms with E-state index in [-0.39, 0.29) is 31.2 Å². The van der Waals surface area contributed by atoms with Crippen LogP contribution in [-0.4, -0.2) is 28.7 Å². The molecule has 2 aromatic rings. The van der Waals surface area contributed by atoms with Gasteiger partial charge in [-0.25, -0.2) is 14.2 Å². The predicted octanol–water partition coefficient (Wildman–Crippen LogP) is 1.65. The number of nitrogens with one attached hydrogen (secondary N) is 1. The van der Waals surface area contributed by atoms with Crippen LogP contribution < -0.4 is 11.2 Å². The van der Waals surface area contributed by atoms with Gasteiger partial charge in [-0.15, -0.1) is 0 Å². The number of nitrogens with zero attached hydrogens (tertiary/aromatic N) is 4. The van der Waals surface area contributed by atoms with Crippen LogP contribution in [0, 0.1) is 0 Å². The first-order valence-electron chi connectivity index (χ1n) is 7.41. The molecule has 0 bridgehead atoms. The molecule has 26 heavy (non-hydrogen) atoms. The maximum atomic E-state index is 12.2. The molecule has 0 aliphatic heterocycles. The molecule has 134 valence electrons. The van der Waals surface area contributed by atoms with Gasteiger partial charge in [-0.3, -0.25) is 4.79 Å². The monoisotopic (exact) mass is 357 g/mol. The van der Waals surface area contributed by atoms with Crippen molar-refractivity contribution < 1.29 is 14.3 Å². The zero-order chi connectivity index (χ0) is 18.9. The molecule has 10 nitrogen and oxygen atoms in total. The minimum absolute atomic E-state index is 0.0218. The maximum absolute atomic E-state index is 12.2. The predicted molar refractivity (Wildman–Crippen MR) is 92.2 cm³/mol. The zero-order valence-electron chi connectivity index (χ0n) is 13.6. The Kier molecular flexibility index (Phi) is 6.49. The molecule has 0 saturated heterocycles. The second-order valence-electron chi connectivity index (χ2n) is 4.92. The van der Waals surface area contributed by atoms with Crippen molar-refractivity contribution in [3.63, 3.8) is 0 Å². The summed E-state index contributed by atoms with van der Waals surface area (Å²) in [5.41, 5.74) is 7.20. The molecule has 0 amide bonds. The lowest BCUT2D eigenvalue weighted by Gasteiger charge is -2.08. The van der Waals surface area contributed by atoms with Crippen molar-refractivity contribution in [1.82, 2.24) is 9.55 Å². The molecule has 1 aromatic heterocycles. The highest BCUT2D eigenvalue weighted by Gasteiger charge is 2.10. The van der Waals surface area contributed by atoms with Gasteiger partial charge in [-0.1, -0.05) is 29.9 Å². The van der Waals surface area contributed by atoms with Crippen LogP contribution in [0.1, 0.15) is 15.9 Å². The third-order valence-corrected chi connectivity index (χ3v) is 3.23. The minimum Gasteiger partial charge on any atom is -0.460 e. The number of carbonyl (C=O) groups is 1. The third-order valence-electron chi connectivity index (χ3n) is 3.23. The second kappa shape index (κ2) is 9.02. The van der Waals surface area contributed by atoms with Crippen molar-refractivity contribution in [2.24, 2.45) is 5.11 Å². The number of hydrogen-bond acceptors (Lipinski definition) is 6. The number of aromatic amines is 1.